The van der Waals surface area contributed by atoms with Crippen molar-refractivity contribution in [2.75, 3.05) is 0 Å². The van der Waals surface area contributed by atoms with E-state index in [1.807, 2.05) is 36.4 Å². The summed E-state index contributed by atoms with van der Waals surface area (Å²) < 4.78 is 5.45. The van der Waals surface area contributed by atoms with E-state index >= 15 is 0 Å². The third-order valence-electron chi connectivity index (χ3n) is 3.63. The van der Waals surface area contributed by atoms with Gasteiger partial charge in [0.2, 0.25) is 0 Å². The number of hydrogen-bond acceptors (Lipinski definition) is 4. The van der Waals surface area contributed by atoms with Crippen LogP contribution in [-0.2, 0) is 48.7 Å². The predicted octanol–water partition coefficient (Wildman–Crippen LogP) is 3.29. The molecule has 0 amide bonds. The van der Waals surface area contributed by atoms with E-state index in [9.17, 15) is 4.79 Å². The standard InChI is InChI=1S/C17H17N2O2.Y/c1-11-8-16-14(17(9-11)21-12(2)20)10-15(18-19-16)13-6-4-3-5-7-13;/h3-7,10,17H,8-9H2,1-2H3;/q-1;. The van der Waals surface area contributed by atoms with Gasteiger partial charge in [-0.3, -0.25) is 4.79 Å². The summed E-state index contributed by atoms with van der Waals surface area (Å²) in [6.07, 6.45) is 1.31. The van der Waals surface area contributed by atoms with E-state index in [1.54, 1.807) is 0 Å². The van der Waals surface area contributed by atoms with Crippen molar-refractivity contribution in [3.8, 4) is 11.3 Å². The summed E-state index contributed by atoms with van der Waals surface area (Å²) in [5.74, 6) is 0.995. The number of aromatic nitrogens is 2. The Balaban J connectivity index is 0.00000176. The van der Waals surface area contributed by atoms with E-state index in [-0.39, 0.29) is 44.8 Å². The molecule has 1 radical (unpaired) electrons. The number of ether oxygens (including phenoxy) is 1. The second-order valence-corrected chi connectivity index (χ2v) is 5.43. The maximum Gasteiger partial charge on any atom is 0.303 e. The van der Waals surface area contributed by atoms with Crippen LogP contribution in [0.3, 0.4) is 0 Å². The van der Waals surface area contributed by atoms with Crippen LogP contribution < -0.4 is 0 Å². The van der Waals surface area contributed by atoms with Crippen molar-refractivity contribution in [1.29, 1.82) is 0 Å². The number of esters is 1. The number of nitrogens with zero attached hydrogens (tertiary/aromatic N) is 2. The molecule has 1 atom stereocenters. The quantitative estimate of drug-likeness (QED) is 0.601. The van der Waals surface area contributed by atoms with Crippen molar-refractivity contribution >= 4 is 5.97 Å². The van der Waals surface area contributed by atoms with Crippen LogP contribution >= 0.6 is 0 Å². The molecule has 1 aromatic carbocycles. The SMILES string of the molecule is CC(=O)OC1C[C-](C)Cc2nnc(-c3ccccc3)cc21.[Y]. The predicted molar refractivity (Wildman–Crippen MR) is 79.2 cm³/mol. The molecule has 0 N–H and O–H groups in total. The minimum Gasteiger partial charge on any atom is -0.460 e. The first-order chi connectivity index (χ1) is 10.1. The van der Waals surface area contributed by atoms with Gasteiger partial charge in [-0.1, -0.05) is 30.3 Å². The van der Waals surface area contributed by atoms with Crippen molar-refractivity contribution in [2.45, 2.75) is 32.8 Å². The molecule has 1 heterocycles. The van der Waals surface area contributed by atoms with Gasteiger partial charge in [0.1, 0.15) is 6.10 Å². The van der Waals surface area contributed by atoms with Crippen molar-refractivity contribution in [3.05, 3.63) is 53.6 Å². The first kappa shape index (κ1) is 17.2. The molecular formula is C17H17N2O2Y-. The van der Waals surface area contributed by atoms with Crippen LogP contribution in [0.25, 0.3) is 11.3 Å². The second kappa shape index (κ2) is 7.43. The third kappa shape index (κ3) is 3.79. The number of carbonyl (C=O) groups excluding carboxylic acids is 1. The molecule has 0 aliphatic heterocycles. The van der Waals surface area contributed by atoms with Gasteiger partial charge in [-0.05, 0) is 6.07 Å². The summed E-state index contributed by atoms with van der Waals surface area (Å²) in [7, 11) is 0. The Labute approximate surface area is 155 Å². The van der Waals surface area contributed by atoms with Crippen LogP contribution in [0.15, 0.2) is 36.4 Å². The molecule has 1 aromatic heterocycles. The number of fused-ring (bicyclic) bond motifs is 1. The smallest absolute Gasteiger partial charge is 0.303 e. The third-order valence-corrected chi connectivity index (χ3v) is 3.63. The molecule has 0 saturated carbocycles. The summed E-state index contributed by atoms with van der Waals surface area (Å²) in [6, 6.07) is 11.9. The van der Waals surface area contributed by atoms with E-state index in [4.69, 9.17) is 4.74 Å². The molecule has 111 valence electrons. The Kier molecular flexibility index (Phi) is 5.82. The van der Waals surface area contributed by atoms with Gasteiger partial charge in [0.15, 0.2) is 0 Å². The van der Waals surface area contributed by atoms with Crippen LogP contribution in [0.1, 0.15) is 37.6 Å². The monoisotopic (exact) mass is 370 g/mol. The molecule has 1 aliphatic carbocycles. The first-order valence-electron chi connectivity index (χ1n) is 7.04. The molecule has 0 fully saturated rings. The Bertz CT molecular complexity index is 661. The number of benzene rings is 1. The normalized spacial score (nSPS) is 17.3. The van der Waals surface area contributed by atoms with Crippen molar-refractivity contribution in [2.24, 2.45) is 0 Å². The minimum atomic E-state index is -0.265. The van der Waals surface area contributed by atoms with Crippen molar-refractivity contribution in [3.63, 3.8) is 0 Å². The van der Waals surface area contributed by atoms with Gasteiger partial charge in [-0.25, -0.2) is 0 Å². The molecule has 5 heteroatoms. The van der Waals surface area contributed by atoms with Gasteiger partial charge in [0.25, 0.3) is 0 Å². The Morgan fingerprint density at radius 2 is 2.00 bits per heavy atom. The van der Waals surface area contributed by atoms with E-state index in [0.29, 0.717) is 0 Å². The fraction of sp³-hybridized carbons (Fsp3) is 0.294. The van der Waals surface area contributed by atoms with Gasteiger partial charge in [0, 0.05) is 56.5 Å². The van der Waals surface area contributed by atoms with Gasteiger partial charge >= 0.3 is 5.97 Å². The number of hydrogen-bond donors (Lipinski definition) is 0. The van der Waals surface area contributed by atoms with E-state index in [2.05, 4.69) is 17.1 Å². The van der Waals surface area contributed by atoms with Gasteiger partial charge in [-0.15, -0.1) is 12.8 Å². The van der Waals surface area contributed by atoms with Gasteiger partial charge < -0.3 is 10.7 Å². The Morgan fingerprint density at radius 1 is 1.27 bits per heavy atom. The van der Waals surface area contributed by atoms with E-state index in [1.165, 1.54) is 12.8 Å². The van der Waals surface area contributed by atoms with Gasteiger partial charge in [-0.2, -0.15) is 17.1 Å². The molecule has 4 nitrogen and oxygen atoms in total. The first-order valence-corrected chi connectivity index (χ1v) is 7.04. The van der Waals surface area contributed by atoms with Crippen LogP contribution in [0.5, 0.6) is 0 Å². The zero-order valence-electron chi connectivity index (χ0n) is 12.7. The molecule has 0 spiro atoms. The summed E-state index contributed by atoms with van der Waals surface area (Å²) in [4.78, 5) is 11.3. The Hall–Kier alpha value is -1.13. The zero-order valence-corrected chi connectivity index (χ0v) is 15.6. The molecular weight excluding hydrogens is 353 g/mol. The zero-order chi connectivity index (χ0) is 14.8. The Morgan fingerprint density at radius 3 is 2.68 bits per heavy atom. The van der Waals surface area contributed by atoms with Gasteiger partial charge in [0.05, 0.1) is 5.69 Å². The largest absolute Gasteiger partial charge is 0.460 e. The summed E-state index contributed by atoms with van der Waals surface area (Å²) >= 11 is 0. The van der Waals surface area contributed by atoms with Crippen LogP contribution in [0.2, 0.25) is 0 Å². The molecule has 22 heavy (non-hydrogen) atoms. The van der Waals surface area contributed by atoms with Crippen molar-refractivity contribution in [1.82, 2.24) is 10.2 Å². The molecule has 2 aromatic rings. The fourth-order valence-corrected chi connectivity index (χ4v) is 2.69. The summed E-state index contributed by atoms with van der Waals surface area (Å²) in [6.45, 7) is 3.50. The van der Waals surface area contributed by atoms with E-state index < -0.39 is 0 Å². The van der Waals surface area contributed by atoms with Crippen LogP contribution in [0.4, 0.5) is 0 Å². The number of carbonyl (C=O) groups is 1. The molecule has 0 saturated heterocycles. The molecule has 1 unspecified atom stereocenters. The number of rotatable bonds is 2. The maximum atomic E-state index is 11.3. The molecule has 3 rings (SSSR count). The minimum absolute atomic E-state index is 0. The van der Waals surface area contributed by atoms with Crippen LogP contribution in [0, 0.1) is 5.92 Å². The average Bonchev–Trinajstić information content (AvgIpc) is 2.47. The maximum absolute atomic E-state index is 11.3. The average molecular weight is 370 g/mol. The fourth-order valence-electron chi connectivity index (χ4n) is 2.69. The topological polar surface area (TPSA) is 52.1 Å². The summed E-state index contributed by atoms with van der Waals surface area (Å²) in [5.41, 5.74) is 3.71. The summed E-state index contributed by atoms with van der Waals surface area (Å²) in [5, 5.41) is 8.65. The van der Waals surface area contributed by atoms with Crippen molar-refractivity contribution < 1.29 is 42.2 Å². The molecule has 1 aliphatic rings. The van der Waals surface area contributed by atoms with Crippen LogP contribution in [-0.4, -0.2) is 16.2 Å². The van der Waals surface area contributed by atoms with E-state index in [0.717, 1.165) is 35.4 Å². The molecule has 0 bridgehead atoms. The second-order valence-electron chi connectivity index (χ2n) is 5.43.